The normalized spacial score (nSPS) is 12.9. The second-order valence-corrected chi connectivity index (χ2v) is 7.53. The molecule has 166 valence electrons. The maximum absolute atomic E-state index is 5.76. The van der Waals surface area contributed by atoms with E-state index in [4.69, 9.17) is 9.73 Å². The first-order chi connectivity index (χ1) is 14.2. The Hall–Kier alpha value is -1.59. The lowest BCUT2D eigenvalue weighted by Crippen LogP contribution is -2.42. The molecule has 1 aromatic carbocycles. The van der Waals surface area contributed by atoms with Gasteiger partial charge in [-0.1, -0.05) is 44.2 Å². The minimum absolute atomic E-state index is 0.435. The van der Waals surface area contributed by atoms with E-state index >= 15 is 0 Å². The standard InChI is InChI=1S/C24H44N4O/c1-5-25-24(27-22(4)14-13-19-28(6-2)7-3)26-18-11-12-20-29-21-17-23-15-9-8-10-16-23/h8-10,15-16,22H,5-7,11-14,17-21H2,1-4H3,(H2,25,26,27). The van der Waals surface area contributed by atoms with Crippen LogP contribution in [0, 0.1) is 0 Å². The Morgan fingerprint density at radius 2 is 1.79 bits per heavy atom. The topological polar surface area (TPSA) is 48.9 Å². The number of rotatable bonds is 16. The molecule has 1 rings (SSSR count). The number of guanidine groups is 1. The number of ether oxygens (including phenoxy) is 1. The van der Waals surface area contributed by atoms with Gasteiger partial charge in [0, 0.05) is 25.7 Å². The quantitative estimate of drug-likeness (QED) is 0.247. The second-order valence-electron chi connectivity index (χ2n) is 7.53. The van der Waals surface area contributed by atoms with Crippen LogP contribution in [0.2, 0.25) is 0 Å². The van der Waals surface area contributed by atoms with E-state index in [9.17, 15) is 0 Å². The zero-order chi connectivity index (χ0) is 21.2. The summed E-state index contributed by atoms with van der Waals surface area (Å²) in [7, 11) is 0. The van der Waals surface area contributed by atoms with Gasteiger partial charge in [0.25, 0.3) is 0 Å². The molecule has 0 amide bonds. The SMILES string of the molecule is CCNC(=NCCCCOCCc1ccccc1)NC(C)CCCN(CC)CC. The summed E-state index contributed by atoms with van der Waals surface area (Å²) in [5.41, 5.74) is 1.34. The summed E-state index contributed by atoms with van der Waals surface area (Å²) in [5.74, 6) is 0.938. The zero-order valence-corrected chi connectivity index (χ0v) is 19.3. The molecule has 0 aliphatic carbocycles. The van der Waals surface area contributed by atoms with Crippen LogP contribution in [0.5, 0.6) is 0 Å². The molecule has 0 aliphatic heterocycles. The van der Waals surface area contributed by atoms with Crippen LogP contribution in [-0.2, 0) is 11.2 Å². The van der Waals surface area contributed by atoms with Crippen molar-refractivity contribution in [3.8, 4) is 0 Å². The third-order valence-corrected chi connectivity index (χ3v) is 5.08. The van der Waals surface area contributed by atoms with E-state index < -0.39 is 0 Å². The monoisotopic (exact) mass is 404 g/mol. The van der Waals surface area contributed by atoms with Crippen LogP contribution >= 0.6 is 0 Å². The van der Waals surface area contributed by atoms with Crippen molar-refractivity contribution < 1.29 is 4.74 Å². The number of nitrogens with one attached hydrogen (secondary N) is 2. The maximum Gasteiger partial charge on any atom is 0.191 e. The van der Waals surface area contributed by atoms with Crippen molar-refractivity contribution >= 4 is 5.96 Å². The third-order valence-electron chi connectivity index (χ3n) is 5.08. The summed E-state index contributed by atoms with van der Waals surface area (Å²) in [5, 5.41) is 6.91. The summed E-state index contributed by atoms with van der Waals surface area (Å²) in [4.78, 5) is 7.20. The second kappa shape index (κ2) is 17.3. The zero-order valence-electron chi connectivity index (χ0n) is 19.3. The minimum Gasteiger partial charge on any atom is -0.381 e. The van der Waals surface area contributed by atoms with E-state index in [0.29, 0.717) is 6.04 Å². The lowest BCUT2D eigenvalue weighted by molar-refractivity contribution is 0.134. The number of benzene rings is 1. The number of aliphatic imine (C=N–C) groups is 1. The van der Waals surface area contributed by atoms with Crippen molar-refractivity contribution in [2.75, 3.05) is 45.9 Å². The highest BCUT2D eigenvalue weighted by molar-refractivity contribution is 5.80. The summed E-state index contributed by atoms with van der Waals surface area (Å²) in [6.45, 7) is 15.6. The van der Waals surface area contributed by atoms with Crippen molar-refractivity contribution in [3.63, 3.8) is 0 Å². The molecule has 0 bridgehead atoms. The van der Waals surface area contributed by atoms with Crippen LogP contribution in [0.3, 0.4) is 0 Å². The molecule has 0 heterocycles. The average Bonchev–Trinajstić information content (AvgIpc) is 2.74. The van der Waals surface area contributed by atoms with Crippen LogP contribution in [0.1, 0.15) is 58.9 Å². The smallest absolute Gasteiger partial charge is 0.191 e. The van der Waals surface area contributed by atoms with Crippen molar-refractivity contribution in [1.82, 2.24) is 15.5 Å². The van der Waals surface area contributed by atoms with Crippen LogP contribution in [-0.4, -0.2) is 62.8 Å². The van der Waals surface area contributed by atoms with Gasteiger partial charge < -0.3 is 20.3 Å². The van der Waals surface area contributed by atoms with E-state index in [1.54, 1.807) is 0 Å². The van der Waals surface area contributed by atoms with Gasteiger partial charge in [0.1, 0.15) is 0 Å². The molecule has 1 unspecified atom stereocenters. The molecule has 0 fully saturated rings. The highest BCUT2D eigenvalue weighted by atomic mass is 16.5. The van der Waals surface area contributed by atoms with E-state index in [0.717, 1.165) is 71.0 Å². The first-order valence-electron chi connectivity index (χ1n) is 11.6. The molecule has 0 aliphatic rings. The number of hydrogen-bond donors (Lipinski definition) is 2. The first kappa shape index (κ1) is 25.4. The van der Waals surface area contributed by atoms with Gasteiger partial charge in [-0.2, -0.15) is 0 Å². The number of hydrogen-bond acceptors (Lipinski definition) is 3. The first-order valence-corrected chi connectivity index (χ1v) is 11.6. The number of nitrogens with zero attached hydrogens (tertiary/aromatic N) is 2. The molecule has 5 nitrogen and oxygen atoms in total. The van der Waals surface area contributed by atoms with E-state index in [-0.39, 0.29) is 0 Å². The van der Waals surface area contributed by atoms with Crippen LogP contribution in [0.25, 0.3) is 0 Å². The molecule has 2 N–H and O–H groups in total. The summed E-state index contributed by atoms with van der Waals surface area (Å²) in [6.07, 6.45) is 5.47. The predicted octanol–water partition coefficient (Wildman–Crippen LogP) is 4.09. The summed E-state index contributed by atoms with van der Waals surface area (Å²) >= 11 is 0. The summed E-state index contributed by atoms with van der Waals surface area (Å²) in [6, 6.07) is 10.9. The van der Waals surface area contributed by atoms with Gasteiger partial charge in [-0.05, 0) is 71.1 Å². The molecule has 1 aromatic rings. The van der Waals surface area contributed by atoms with Gasteiger partial charge in [-0.15, -0.1) is 0 Å². The molecule has 0 radical (unpaired) electrons. The van der Waals surface area contributed by atoms with Crippen LogP contribution in [0.15, 0.2) is 35.3 Å². The van der Waals surface area contributed by atoms with Crippen molar-refractivity contribution in [3.05, 3.63) is 35.9 Å². The highest BCUT2D eigenvalue weighted by Gasteiger charge is 2.06. The molecule has 0 saturated heterocycles. The van der Waals surface area contributed by atoms with E-state index in [2.05, 4.69) is 73.6 Å². The molecular weight excluding hydrogens is 360 g/mol. The molecule has 29 heavy (non-hydrogen) atoms. The van der Waals surface area contributed by atoms with Crippen molar-refractivity contribution in [1.29, 1.82) is 0 Å². The Labute approximate surface area is 179 Å². The molecule has 0 spiro atoms. The average molecular weight is 405 g/mol. The Balaban J connectivity index is 2.14. The highest BCUT2D eigenvalue weighted by Crippen LogP contribution is 2.01. The lowest BCUT2D eigenvalue weighted by atomic mass is 10.2. The fourth-order valence-corrected chi connectivity index (χ4v) is 3.23. The van der Waals surface area contributed by atoms with Crippen molar-refractivity contribution in [2.24, 2.45) is 4.99 Å². The lowest BCUT2D eigenvalue weighted by Gasteiger charge is -2.21. The van der Waals surface area contributed by atoms with Gasteiger partial charge >= 0.3 is 0 Å². The van der Waals surface area contributed by atoms with Gasteiger partial charge in [-0.3, -0.25) is 4.99 Å². The Bertz CT molecular complexity index is 517. The fourth-order valence-electron chi connectivity index (χ4n) is 3.23. The Morgan fingerprint density at radius 1 is 1.03 bits per heavy atom. The fraction of sp³-hybridized carbons (Fsp3) is 0.708. The molecule has 5 heteroatoms. The predicted molar refractivity (Wildman–Crippen MR) is 126 cm³/mol. The van der Waals surface area contributed by atoms with Crippen LogP contribution < -0.4 is 10.6 Å². The summed E-state index contributed by atoms with van der Waals surface area (Å²) < 4.78 is 5.76. The van der Waals surface area contributed by atoms with Crippen molar-refractivity contribution in [2.45, 2.75) is 65.8 Å². The number of unbranched alkanes of at least 4 members (excludes halogenated alkanes) is 1. The third kappa shape index (κ3) is 13.3. The van der Waals surface area contributed by atoms with Crippen LogP contribution in [0.4, 0.5) is 0 Å². The Morgan fingerprint density at radius 3 is 2.48 bits per heavy atom. The molecule has 1 atom stereocenters. The van der Waals surface area contributed by atoms with E-state index in [1.165, 1.54) is 18.5 Å². The van der Waals surface area contributed by atoms with Gasteiger partial charge in [0.2, 0.25) is 0 Å². The minimum atomic E-state index is 0.435. The van der Waals surface area contributed by atoms with E-state index in [1.807, 2.05) is 0 Å². The van der Waals surface area contributed by atoms with Gasteiger partial charge in [0.05, 0.1) is 6.61 Å². The Kier molecular flexibility index (Phi) is 15.2. The van der Waals surface area contributed by atoms with Gasteiger partial charge in [-0.25, -0.2) is 0 Å². The molecule has 0 saturated carbocycles. The molecule has 0 aromatic heterocycles. The maximum atomic E-state index is 5.76. The largest absolute Gasteiger partial charge is 0.381 e. The molecular formula is C24H44N4O. The van der Waals surface area contributed by atoms with Gasteiger partial charge in [0.15, 0.2) is 5.96 Å².